The molecule has 0 radical (unpaired) electrons. The maximum absolute atomic E-state index is 12.1. The van der Waals surface area contributed by atoms with Gasteiger partial charge in [-0.2, -0.15) is 0 Å². The highest BCUT2D eigenvalue weighted by atomic mass is 16.3. The smallest absolute Gasteiger partial charge is 0.178 e. The average molecular weight is 329 g/mol. The van der Waals surface area contributed by atoms with E-state index in [0.717, 1.165) is 32.1 Å². The number of hydrogen-bond acceptors (Lipinski definition) is 3. The lowest BCUT2D eigenvalue weighted by Crippen LogP contribution is -2.51. The summed E-state index contributed by atoms with van der Waals surface area (Å²) < 4.78 is 0. The standard InChI is InChI=1S/C21H31NO2/c1-12(23)14-6-7-15-13-4-5-17-19(22)18(24)9-11-21(17,3)16(13)8-10-20(14,15)2/h6,12-13,15-16,23H,4-5,7-11,22H2,1-3H3/t12-,13-,15-,16-,20+,21+/m0/s1. The zero-order valence-electron chi connectivity index (χ0n) is 15.3. The Balaban J connectivity index is 1.69. The zero-order chi connectivity index (χ0) is 17.3. The molecule has 0 aliphatic heterocycles. The molecule has 0 amide bonds. The minimum atomic E-state index is -0.325. The Bertz CT molecular complexity index is 646. The van der Waals surface area contributed by atoms with Crippen molar-refractivity contribution in [2.75, 3.05) is 0 Å². The Morgan fingerprint density at radius 1 is 1.17 bits per heavy atom. The highest BCUT2D eigenvalue weighted by Gasteiger charge is 2.58. The molecule has 0 saturated heterocycles. The van der Waals surface area contributed by atoms with E-state index in [4.69, 9.17) is 5.73 Å². The van der Waals surface area contributed by atoms with Crippen molar-refractivity contribution in [3.05, 3.63) is 22.9 Å². The summed E-state index contributed by atoms with van der Waals surface area (Å²) in [7, 11) is 0. The molecule has 0 unspecified atom stereocenters. The first kappa shape index (κ1) is 16.4. The molecule has 4 aliphatic carbocycles. The number of ketones is 1. The van der Waals surface area contributed by atoms with Gasteiger partial charge in [-0.1, -0.05) is 19.9 Å². The molecule has 2 fully saturated rings. The van der Waals surface area contributed by atoms with Crippen molar-refractivity contribution in [1.82, 2.24) is 0 Å². The quantitative estimate of drug-likeness (QED) is 0.721. The van der Waals surface area contributed by atoms with E-state index in [0.29, 0.717) is 29.9 Å². The Morgan fingerprint density at radius 3 is 2.62 bits per heavy atom. The van der Waals surface area contributed by atoms with Gasteiger partial charge in [0.2, 0.25) is 0 Å². The molecule has 2 saturated carbocycles. The van der Waals surface area contributed by atoms with Gasteiger partial charge < -0.3 is 10.8 Å². The normalized spacial score (nSPS) is 46.1. The molecule has 132 valence electrons. The number of hydrogen-bond donors (Lipinski definition) is 2. The topological polar surface area (TPSA) is 63.3 Å². The highest BCUT2D eigenvalue weighted by Crippen LogP contribution is 2.65. The van der Waals surface area contributed by atoms with E-state index in [-0.39, 0.29) is 22.7 Å². The van der Waals surface area contributed by atoms with E-state index in [1.165, 1.54) is 17.6 Å². The number of Topliss-reactive ketones (excluding diaryl/α,β-unsaturated/α-hetero) is 1. The number of allylic oxidation sites excluding steroid dienone is 3. The molecule has 0 aromatic rings. The van der Waals surface area contributed by atoms with Crippen LogP contribution < -0.4 is 5.73 Å². The molecule has 4 rings (SSSR count). The minimum absolute atomic E-state index is 0.121. The molecule has 4 aliphatic rings. The van der Waals surface area contributed by atoms with Gasteiger partial charge in [0.25, 0.3) is 0 Å². The van der Waals surface area contributed by atoms with Crippen LogP contribution in [0.3, 0.4) is 0 Å². The monoisotopic (exact) mass is 329 g/mol. The summed E-state index contributed by atoms with van der Waals surface area (Å²) in [6.07, 6.45) is 9.21. The molecule has 0 aromatic carbocycles. The Labute approximate surface area is 145 Å². The fraction of sp³-hybridized carbons (Fsp3) is 0.762. The van der Waals surface area contributed by atoms with Crippen molar-refractivity contribution >= 4 is 5.78 Å². The predicted octanol–water partition coefficient (Wildman–Crippen LogP) is 3.72. The van der Waals surface area contributed by atoms with Crippen LogP contribution in [0.4, 0.5) is 0 Å². The second-order valence-corrected chi connectivity index (χ2v) is 9.18. The number of carbonyl (C=O) groups is 1. The fourth-order valence-corrected chi connectivity index (χ4v) is 7.00. The number of carbonyl (C=O) groups excluding carboxylic acids is 1. The summed E-state index contributed by atoms with van der Waals surface area (Å²) in [5, 5.41) is 10.2. The summed E-state index contributed by atoms with van der Waals surface area (Å²) in [5.41, 5.74) is 9.64. The lowest BCUT2D eigenvalue weighted by atomic mass is 9.46. The van der Waals surface area contributed by atoms with Crippen molar-refractivity contribution in [2.24, 2.45) is 34.3 Å². The van der Waals surface area contributed by atoms with Gasteiger partial charge >= 0.3 is 0 Å². The lowest BCUT2D eigenvalue weighted by molar-refractivity contribution is -0.118. The molecule has 0 spiro atoms. The van der Waals surface area contributed by atoms with Gasteiger partial charge in [-0.25, -0.2) is 0 Å². The van der Waals surface area contributed by atoms with Gasteiger partial charge in [0.05, 0.1) is 11.8 Å². The van der Waals surface area contributed by atoms with E-state index in [2.05, 4.69) is 19.9 Å². The molecule has 24 heavy (non-hydrogen) atoms. The van der Waals surface area contributed by atoms with Crippen molar-refractivity contribution in [2.45, 2.75) is 71.8 Å². The summed E-state index contributed by atoms with van der Waals surface area (Å²) in [4.78, 5) is 12.1. The SMILES string of the molecule is C[C@H](O)C1=CC[C@H]2[C@@H]3CCC4=C(N)C(=O)CC[C@]4(C)[C@H]3CC[C@]12C. The third-order valence-corrected chi connectivity index (χ3v) is 8.26. The number of nitrogens with two attached hydrogens (primary N) is 1. The maximum Gasteiger partial charge on any atom is 0.178 e. The van der Waals surface area contributed by atoms with Gasteiger partial charge in [-0.05, 0) is 85.2 Å². The van der Waals surface area contributed by atoms with E-state index in [1.54, 1.807) is 0 Å². The molecular weight excluding hydrogens is 298 g/mol. The Morgan fingerprint density at radius 2 is 1.92 bits per heavy atom. The predicted molar refractivity (Wildman–Crippen MR) is 95.0 cm³/mol. The number of rotatable bonds is 1. The van der Waals surface area contributed by atoms with Gasteiger partial charge in [0, 0.05) is 6.42 Å². The average Bonchev–Trinajstić information content (AvgIpc) is 2.89. The molecule has 3 nitrogen and oxygen atoms in total. The zero-order valence-corrected chi connectivity index (χ0v) is 15.3. The molecule has 0 heterocycles. The first-order chi connectivity index (χ1) is 11.3. The third-order valence-electron chi connectivity index (χ3n) is 8.26. The largest absolute Gasteiger partial charge is 0.396 e. The van der Waals surface area contributed by atoms with Crippen LogP contribution in [0.2, 0.25) is 0 Å². The van der Waals surface area contributed by atoms with Gasteiger partial charge in [0.15, 0.2) is 5.78 Å². The third kappa shape index (κ3) is 1.97. The van der Waals surface area contributed by atoms with Crippen LogP contribution in [0.5, 0.6) is 0 Å². The van der Waals surface area contributed by atoms with E-state index >= 15 is 0 Å². The first-order valence-corrected chi connectivity index (χ1v) is 9.70. The van der Waals surface area contributed by atoms with Crippen molar-refractivity contribution < 1.29 is 9.90 Å². The van der Waals surface area contributed by atoms with Crippen molar-refractivity contribution in [3.63, 3.8) is 0 Å². The molecule has 3 N–H and O–H groups in total. The van der Waals surface area contributed by atoms with Crippen molar-refractivity contribution in [1.29, 1.82) is 0 Å². The number of fused-ring (bicyclic) bond motifs is 5. The Kier molecular flexibility index (Phi) is 3.55. The van der Waals surface area contributed by atoms with Crippen LogP contribution >= 0.6 is 0 Å². The summed E-state index contributed by atoms with van der Waals surface area (Å²) in [5.74, 6) is 2.16. The maximum atomic E-state index is 12.1. The summed E-state index contributed by atoms with van der Waals surface area (Å²) in [6.45, 7) is 6.67. The first-order valence-electron chi connectivity index (χ1n) is 9.70. The molecule has 6 atom stereocenters. The second-order valence-electron chi connectivity index (χ2n) is 9.18. The van der Waals surface area contributed by atoms with Gasteiger partial charge in [0.1, 0.15) is 0 Å². The molecule has 0 bridgehead atoms. The summed E-state index contributed by atoms with van der Waals surface area (Å²) in [6, 6.07) is 0. The van der Waals surface area contributed by atoms with Crippen LogP contribution in [0.1, 0.15) is 65.7 Å². The molecule has 3 heteroatoms. The number of aliphatic hydroxyl groups excluding tert-OH is 1. The van der Waals surface area contributed by atoms with Crippen LogP contribution in [0, 0.1) is 28.6 Å². The van der Waals surface area contributed by atoms with Crippen LogP contribution in [0.15, 0.2) is 22.9 Å². The van der Waals surface area contributed by atoms with Crippen molar-refractivity contribution in [3.8, 4) is 0 Å². The van der Waals surface area contributed by atoms with Crippen LogP contribution in [-0.4, -0.2) is 17.0 Å². The second kappa shape index (κ2) is 5.20. The van der Waals surface area contributed by atoms with E-state index < -0.39 is 0 Å². The Hall–Kier alpha value is -1.09. The lowest BCUT2D eigenvalue weighted by Gasteiger charge is -2.58. The molecular formula is C21H31NO2. The minimum Gasteiger partial charge on any atom is -0.396 e. The van der Waals surface area contributed by atoms with Gasteiger partial charge in [-0.3, -0.25) is 4.79 Å². The molecule has 0 aromatic heterocycles. The number of aliphatic hydroxyl groups is 1. The highest BCUT2D eigenvalue weighted by molar-refractivity contribution is 5.96. The van der Waals surface area contributed by atoms with Crippen LogP contribution in [-0.2, 0) is 4.79 Å². The van der Waals surface area contributed by atoms with Gasteiger partial charge in [-0.15, -0.1) is 0 Å². The van der Waals surface area contributed by atoms with E-state index in [1.807, 2.05) is 6.92 Å². The van der Waals surface area contributed by atoms with E-state index in [9.17, 15) is 9.90 Å². The fourth-order valence-electron chi connectivity index (χ4n) is 7.00. The van der Waals surface area contributed by atoms with Crippen LogP contribution in [0.25, 0.3) is 0 Å². The summed E-state index contributed by atoms with van der Waals surface area (Å²) >= 11 is 0.